The predicted octanol–water partition coefficient (Wildman–Crippen LogP) is 2.16. The molecule has 0 bridgehead atoms. The maximum absolute atomic E-state index is 13.3. The fourth-order valence-electron chi connectivity index (χ4n) is 1.24. The minimum absolute atomic E-state index is 0.208. The maximum atomic E-state index is 13.3. The Kier molecular flexibility index (Phi) is 2.37. The largest absolute Gasteiger partial charge is 0.493 e. The molecular weight excluding hydrogens is 202 g/mol. The van der Waals surface area contributed by atoms with Crippen LogP contribution in [0.4, 0.5) is 8.78 Å². The molecule has 0 unspecified atom stereocenters. The molecule has 3 nitrogen and oxygen atoms in total. The number of methoxy groups -OCH3 is 1. The molecule has 1 heterocycles. The first-order valence-electron chi connectivity index (χ1n) is 4.25. The number of para-hydroxylation sites is 1. The van der Waals surface area contributed by atoms with E-state index in [9.17, 15) is 8.78 Å². The summed E-state index contributed by atoms with van der Waals surface area (Å²) in [7, 11) is 1.46. The SMILES string of the molecule is COc1cnn(-c2c(F)cccc2F)c1. The lowest BCUT2D eigenvalue weighted by Crippen LogP contribution is -2.01. The summed E-state index contributed by atoms with van der Waals surface area (Å²) < 4.78 is 32.6. The highest BCUT2D eigenvalue weighted by atomic mass is 19.1. The van der Waals surface area contributed by atoms with Crippen LogP contribution in [0.1, 0.15) is 0 Å². The average Bonchev–Trinajstić information content (AvgIpc) is 2.66. The van der Waals surface area contributed by atoms with Crippen molar-refractivity contribution in [1.29, 1.82) is 0 Å². The molecule has 0 fully saturated rings. The van der Waals surface area contributed by atoms with Crippen molar-refractivity contribution in [2.75, 3.05) is 7.11 Å². The van der Waals surface area contributed by atoms with E-state index in [0.717, 1.165) is 4.68 Å². The molecule has 0 saturated carbocycles. The molecule has 0 aliphatic heterocycles. The van der Waals surface area contributed by atoms with E-state index in [-0.39, 0.29) is 5.69 Å². The van der Waals surface area contributed by atoms with Gasteiger partial charge in [-0.1, -0.05) is 6.07 Å². The third kappa shape index (κ3) is 1.68. The summed E-state index contributed by atoms with van der Waals surface area (Å²) in [5.41, 5.74) is -0.208. The smallest absolute Gasteiger partial charge is 0.157 e. The summed E-state index contributed by atoms with van der Waals surface area (Å²) in [4.78, 5) is 0. The zero-order valence-electron chi connectivity index (χ0n) is 7.95. The second-order valence-corrected chi connectivity index (χ2v) is 2.89. The van der Waals surface area contributed by atoms with Crippen LogP contribution in [0, 0.1) is 11.6 Å². The number of hydrogen-bond acceptors (Lipinski definition) is 2. The van der Waals surface area contributed by atoms with Gasteiger partial charge in [-0.05, 0) is 12.1 Å². The highest BCUT2D eigenvalue weighted by molar-refractivity contribution is 5.35. The van der Waals surface area contributed by atoms with Crippen molar-refractivity contribution in [2.45, 2.75) is 0 Å². The highest BCUT2D eigenvalue weighted by Gasteiger charge is 2.11. The van der Waals surface area contributed by atoms with Gasteiger partial charge in [0.15, 0.2) is 17.4 Å². The number of halogens is 2. The molecule has 0 N–H and O–H groups in total. The van der Waals surface area contributed by atoms with Gasteiger partial charge in [0.1, 0.15) is 5.69 Å². The monoisotopic (exact) mass is 210 g/mol. The molecule has 0 saturated heterocycles. The summed E-state index contributed by atoms with van der Waals surface area (Å²) in [6, 6.07) is 3.65. The lowest BCUT2D eigenvalue weighted by atomic mass is 10.3. The molecule has 2 aromatic rings. The van der Waals surface area contributed by atoms with Gasteiger partial charge >= 0.3 is 0 Å². The van der Waals surface area contributed by atoms with Crippen molar-refractivity contribution in [3.05, 3.63) is 42.2 Å². The summed E-state index contributed by atoms with van der Waals surface area (Å²) in [5.74, 6) is -0.890. The van der Waals surface area contributed by atoms with Crippen molar-refractivity contribution >= 4 is 0 Å². The third-order valence-corrected chi connectivity index (χ3v) is 1.96. The van der Waals surface area contributed by atoms with Crippen molar-refractivity contribution in [3.63, 3.8) is 0 Å². The van der Waals surface area contributed by atoms with Crippen LogP contribution in [0.3, 0.4) is 0 Å². The summed E-state index contributed by atoms with van der Waals surface area (Å²) >= 11 is 0. The second kappa shape index (κ2) is 3.68. The molecule has 0 aliphatic carbocycles. The number of ether oxygens (including phenoxy) is 1. The lowest BCUT2D eigenvalue weighted by Gasteiger charge is -2.03. The van der Waals surface area contributed by atoms with E-state index < -0.39 is 11.6 Å². The van der Waals surface area contributed by atoms with Gasteiger partial charge in [0.25, 0.3) is 0 Å². The minimum Gasteiger partial charge on any atom is -0.493 e. The maximum Gasteiger partial charge on any atom is 0.157 e. The average molecular weight is 210 g/mol. The minimum atomic E-state index is -0.666. The summed E-state index contributed by atoms with van der Waals surface area (Å²) in [5, 5.41) is 3.79. The highest BCUT2D eigenvalue weighted by Crippen LogP contribution is 2.19. The fraction of sp³-hybridized carbons (Fsp3) is 0.100. The van der Waals surface area contributed by atoms with Gasteiger partial charge in [0, 0.05) is 0 Å². The van der Waals surface area contributed by atoms with Gasteiger partial charge in [-0.25, -0.2) is 13.5 Å². The topological polar surface area (TPSA) is 27.1 Å². The van der Waals surface area contributed by atoms with E-state index in [1.54, 1.807) is 0 Å². The van der Waals surface area contributed by atoms with Crippen LogP contribution in [0.25, 0.3) is 5.69 Å². The van der Waals surface area contributed by atoms with Crippen LogP contribution in [0.5, 0.6) is 5.75 Å². The summed E-state index contributed by atoms with van der Waals surface area (Å²) in [6.07, 6.45) is 2.79. The second-order valence-electron chi connectivity index (χ2n) is 2.89. The Bertz CT molecular complexity index is 462. The third-order valence-electron chi connectivity index (χ3n) is 1.96. The standard InChI is InChI=1S/C10H8F2N2O/c1-15-7-5-13-14(6-7)10-8(11)3-2-4-9(10)12/h2-6H,1H3. The molecule has 0 spiro atoms. The molecule has 2 rings (SSSR count). The quantitative estimate of drug-likeness (QED) is 0.759. The Morgan fingerprint density at radius 2 is 1.93 bits per heavy atom. The van der Waals surface area contributed by atoms with Crippen LogP contribution < -0.4 is 4.74 Å². The molecule has 0 radical (unpaired) electrons. The zero-order valence-corrected chi connectivity index (χ0v) is 7.95. The van der Waals surface area contributed by atoms with Crippen molar-refractivity contribution in [2.24, 2.45) is 0 Å². The summed E-state index contributed by atoms with van der Waals surface area (Å²) in [6.45, 7) is 0. The number of rotatable bonds is 2. The number of nitrogens with zero attached hydrogens (tertiary/aromatic N) is 2. The van der Waals surface area contributed by atoms with Gasteiger partial charge in [-0.15, -0.1) is 0 Å². The van der Waals surface area contributed by atoms with E-state index >= 15 is 0 Å². The molecule has 0 amide bonds. The van der Waals surface area contributed by atoms with Gasteiger partial charge in [-0.3, -0.25) is 0 Å². The Morgan fingerprint density at radius 1 is 1.27 bits per heavy atom. The van der Waals surface area contributed by atoms with E-state index in [1.807, 2.05) is 0 Å². The Balaban J connectivity index is 2.53. The van der Waals surface area contributed by atoms with Crippen LogP contribution in [-0.4, -0.2) is 16.9 Å². The molecule has 0 atom stereocenters. The van der Waals surface area contributed by atoms with E-state index in [0.29, 0.717) is 5.75 Å². The van der Waals surface area contributed by atoms with Crippen LogP contribution in [0.2, 0.25) is 0 Å². The predicted molar refractivity (Wildman–Crippen MR) is 50.0 cm³/mol. The Labute approximate surface area is 84.9 Å². The molecule has 1 aromatic carbocycles. The number of benzene rings is 1. The zero-order chi connectivity index (χ0) is 10.8. The van der Waals surface area contributed by atoms with Gasteiger partial charge < -0.3 is 4.74 Å². The molecule has 15 heavy (non-hydrogen) atoms. The Morgan fingerprint density at radius 3 is 2.47 bits per heavy atom. The van der Waals surface area contributed by atoms with Gasteiger partial charge in [-0.2, -0.15) is 5.10 Å². The van der Waals surface area contributed by atoms with Gasteiger partial charge in [0.2, 0.25) is 0 Å². The van der Waals surface area contributed by atoms with Crippen molar-refractivity contribution < 1.29 is 13.5 Å². The number of hydrogen-bond donors (Lipinski definition) is 0. The molecule has 1 aromatic heterocycles. The van der Waals surface area contributed by atoms with Crippen LogP contribution in [-0.2, 0) is 0 Å². The first-order valence-corrected chi connectivity index (χ1v) is 4.25. The first-order chi connectivity index (χ1) is 7.22. The molecule has 5 heteroatoms. The van der Waals surface area contributed by atoms with Gasteiger partial charge in [0.05, 0.1) is 19.5 Å². The van der Waals surface area contributed by atoms with Crippen molar-refractivity contribution in [1.82, 2.24) is 9.78 Å². The molecule has 0 aliphatic rings. The van der Waals surface area contributed by atoms with Crippen LogP contribution >= 0.6 is 0 Å². The van der Waals surface area contributed by atoms with E-state index in [4.69, 9.17) is 4.74 Å². The lowest BCUT2D eigenvalue weighted by molar-refractivity contribution is 0.414. The number of aromatic nitrogens is 2. The van der Waals surface area contributed by atoms with E-state index in [1.165, 1.54) is 37.7 Å². The Hall–Kier alpha value is -1.91. The normalized spacial score (nSPS) is 10.3. The van der Waals surface area contributed by atoms with Crippen LogP contribution in [0.15, 0.2) is 30.6 Å². The molecular formula is C10H8F2N2O. The van der Waals surface area contributed by atoms with E-state index in [2.05, 4.69) is 5.10 Å². The first kappa shape index (κ1) is 9.64. The van der Waals surface area contributed by atoms with Crippen molar-refractivity contribution in [3.8, 4) is 11.4 Å². The fourth-order valence-corrected chi connectivity index (χ4v) is 1.24. The molecule has 78 valence electrons.